The van der Waals surface area contributed by atoms with Crippen LogP contribution >= 0.6 is 15.9 Å². The molecular formula is C15H13BrN4O. The lowest BCUT2D eigenvalue weighted by atomic mass is 10.2. The number of carbonyl (C=O) groups excluding carboxylic acids is 1. The third-order valence-electron chi connectivity index (χ3n) is 2.73. The zero-order valence-electron chi connectivity index (χ0n) is 11.4. The van der Waals surface area contributed by atoms with Crippen molar-refractivity contribution in [3.63, 3.8) is 0 Å². The molecule has 2 rings (SSSR count). The summed E-state index contributed by atoms with van der Waals surface area (Å²) in [7, 11) is 0. The fourth-order valence-electron chi connectivity index (χ4n) is 1.74. The summed E-state index contributed by atoms with van der Waals surface area (Å²) in [6.45, 7) is 2.77. The third-order valence-corrected chi connectivity index (χ3v) is 3.22. The minimum atomic E-state index is -0.354. The molecule has 0 aliphatic carbocycles. The molecule has 0 aliphatic heterocycles. The molecule has 0 saturated heterocycles. The molecule has 21 heavy (non-hydrogen) atoms. The number of halogens is 1. The van der Waals surface area contributed by atoms with Gasteiger partial charge >= 0.3 is 0 Å². The Balaban J connectivity index is 2.18. The summed E-state index contributed by atoms with van der Waals surface area (Å²) >= 11 is 3.31. The smallest absolute Gasteiger partial charge is 0.274 e. The van der Waals surface area contributed by atoms with Gasteiger partial charge in [0.25, 0.3) is 5.91 Å². The molecule has 2 aromatic rings. The lowest BCUT2D eigenvalue weighted by molar-refractivity contribution is 0.102. The Morgan fingerprint density at radius 1 is 1.38 bits per heavy atom. The normalized spacial score (nSPS) is 9.76. The van der Waals surface area contributed by atoms with Gasteiger partial charge in [0.15, 0.2) is 0 Å². The van der Waals surface area contributed by atoms with Crippen molar-refractivity contribution in [2.75, 3.05) is 17.2 Å². The fourth-order valence-corrected chi connectivity index (χ4v) is 2.10. The predicted molar refractivity (Wildman–Crippen MR) is 85.2 cm³/mol. The molecule has 0 unspecified atom stereocenters. The van der Waals surface area contributed by atoms with E-state index in [1.807, 2.05) is 13.0 Å². The Kier molecular flexibility index (Phi) is 4.90. The van der Waals surface area contributed by atoms with Crippen molar-refractivity contribution in [3.8, 4) is 6.07 Å². The van der Waals surface area contributed by atoms with E-state index in [2.05, 4.69) is 31.5 Å². The van der Waals surface area contributed by atoms with Gasteiger partial charge in [-0.15, -0.1) is 0 Å². The third kappa shape index (κ3) is 3.80. The van der Waals surface area contributed by atoms with Gasteiger partial charge in [0.2, 0.25) is 0 Å². The number of nitrogens with one attached hydrogen (secondary N) is 2. The number of hydrogen-bond donors (Lipinski definition) is 2. The standard InChI is InChI=1S/C15H13BrN4O/c1-2-18-12-5-6-13(19-9-12)15(21)20-14-7-11(16)4-3-10(14)8-17/h3-7,9,18H,2H2,1H3,(H,20,21). The maximum atomic E-state index is 12.1. The van der Waals surface area contributed by atoms with Crippen LogP contribution in [-0.4, -0.2) is 17.4 Å². The first-order valence-electron chi connectivity index (χ1n) is 6.35. The molecule has 0 radical (unpaired) electrons. The van der Waals surface area contributed by atoms with Crippen molar-refractivity contribution in [2.45, 2.75) is 6.92 Å². The molecule has 6 heteroatoms. The summed E-state index contributed by atoms with van der Waals surface area (Å²) in [6, 6.07) is 10.5. The van der Waals surface area contributed by atoms with Gasteiger partial charge in [-0.05, 0) is 37.3 Å². The summed E-state index contributed by atoms with van der Waals surface area (Å²) in [5.74, 6) is -0.354. The first kappa shape index (κ1) is 15.0. The number of benzene rings is 1. The number of hydrogen-bond acceptors (Lipinski definition) is 4. The van der Waals surface area contributed by atoms with Crippen LogP contribution < -0.4 is 10.6 Å². The van der Waals surface area contributed by atoms with Crippen LogP contribution in [0.2, 0.25) is 0 Å². The van der Waals surface area contributed by atoms with E-state index in [0.29, 0.717) is 16.9 Å². The van der Waals surface area contributed by atoms with E-state index in [0.717, 1.165) is 16.7 Å². The molecule has 0 atom stereocenters. The second-order valence-corrected chi connectivity index (χ2v) is 5.13. The van der Waals surface area contributed by atoms with Gasteiger partial charge in [-0.2, -0.15) is 5.26 Å². The fraction of sp³-hybridized carbons (Fsp3) is 0.133. The maximum absolute atomic E-state index is 12.1. The number of anilines is 2. The molecular weight excluding hydrogens is 332 g/mol. The van der Waals surface area contributed by atoms with Gasteiger partial charge in [0.05, 0.1) is 23.1 Å². The monoisotopic (exact) mass is 344 g/mol. The summed E-state index contributed by atoms with van der Waals surface area (Å²) in [6.07, 6.45) is 1.60. The first-order valence-corrected chi connectivity index (χ1v) is 7.14. The molecule has 1 heterocycles. The SMILES string of the molecule is CCNc1ccc(C(=O)Nc2cc(Br)ccc2C#N)nc1. The van der Waals surface area contributed by atoms with E-state index in [-0.39, 0.29) is 5.91 Å². The van der Waals surface area contributed by atoms with E-state index in [4.69, 9.17) is 5.26 Å². The van der Waals surface area contributed by atoms with E-state index in [1.54, 1.807) is 36.5 Å². The molecule has 0 fully saturated rings. The van der Waals surface area contributed by atoms with Crippen LogP contribution in [-0.2, 0) is 0 Å². The highest BCUT2D eigenvalue weighted by Gasteiger charge is 2.10. The molecule has 2 N–H and O–H groups in total. The van der Waals surface area contributed by atoms with Crippen LogP contribution in [0.3, 0.4) is 0 Å². The molecule has 1 aromatic heterocycles. The van der Waals surface area contributed by atoms with Crippen LogP contribution in [0.4, 0.5) is 11.4 Å². The summed E-state index contributed by atoms with van der Waals surface area (Å²) in [5, 5.41) is 14.8. The Bertz CT molecular complexity index is 692. The summed E-state index contributed by atoms with van der Waals surface area (Å²) in [5.41, 5.74) is 2.00. The van der Waals surface area contributed by atoms with Crippen molar-refractivity contribution < 1.29 is 4.79 Å². The Labute approximate surface area is 131 Å². The summed E-state index contributed by atoms with van der Waals surface area (Å²) in [4.78, 5) is 16.2. The lowest BCUT2D eigenvalue weighted by Crippen LogP contribution is -2.14. The molecule has 0 aliphatic rings. The van der Waals surface area contributed by atoms with Crippen LogP contribution in [0.1, 0.15) is 23.0 Å². The van der Waals surface area contributed by atoms with E-state index >= 15 is 0 Å². The Morgan fingerprint density at radius 2 is 2.19 bits per heavy atom. The van der Waals surface area contributed by atoms with Crippen molar-refractivity contribution in [3.05, 3.63) is 52.3 Å². The van der Waals surface area contributed by atoms with Crippen LogP contribution in [0.25, 0.3) is 0 Å². The van der Waals surface area contributed by atoms with E-state index < -0.39 is 0 Å². The molecule has 1 aromatic carbocycles. The van der Waals surface area contributed by atoms with Gasteiger partial charge in [-0.3, -0.25) is 4.79 Å². The number of aromatic nitrogens is 1. The van der Waals surface area contributed by atoms with Crippen LogP contribution in [0, 0.1) is 11.3 Å². The zero-order chi connectivity index (χ0) is 15.2. The molecule has 106 valence electrons. The highest BCUT2D eigenvalue weighted by Crippen LogP contribution is 2.21. The van der Waals surface area contributed by atoms with Crippen LogP contribution in [0.15, 0.2) is 41.0 Å². The summed E-state index contributed by atoms with van der Waals surface area (Å²) < 4.78 is 0.784. The van der Waals surface area contributed by atoms with Gasteiger partial charge in [-0.25, -0.2) is 4.98 Å². The number of nitriles is 1. The lowest BCUT2D eigenvalue weighted by Gasteiger charge is -2.08. The highest BCUT2D eigenvalue weighted by atomic mass is 79.9. The minimum absolute atomic E-state index is 0.292. The number of rotatable bonds is 4. The van der Waals surface area contributed by atoms with Gasteiger partial charge in [0, 0.05) is 11.0 Å². The largest absolute Gasteiger partial charge is 0.384 e. The Hall–Kier alpha value is -2.39. The first-order chi connectivity index (χ1) is 10.1. The van der Waals surface area contributed by atoms with Gasteiger partial charge in [-0.1, -0.05) is 15.9 Å². The van der Waals surface area contributed by atoms with Gasteiger partial charge in [0.1, 0.15) is 11.8 Å². The number of nitrogens with zero attached hydrogens (tertiary/aromatic N) is 2. The quantitative estimate of drug-likeness (QED) is 0.890. The second-order valence-electron chi connectivity index (χ2n) is 4.22. The Morgan fingerprint density at radius 3 is 2.81 bits per heavy atom. The molecule has 0 bridgehead atoms. The zero-order valence-corrected chi connectivity index (χ0v) is 12.9. The molecule has 0 saturated carbocycles. The average Bonchev–Trinajstić information content (AvgIpc) is 2.48. The number of amides is 1. The van der Waals surface area contributed by atoms with Crippen LogP contribution in [0.5, 0.6) is 0 Å². The van der Waals surface area contributed by atoms with Crippen molar-refractivity contribution in [1.29, 1.82) is 5.26 Å². The number of pyridine rings is 1. The minimum Gasteiger partial charge on any atom is -0.384 e. The van der Waals surface area contributed by atoms with Gasteiger partial charge < -0.3 is 10.6 Å². The second kappa shape index (κ2) is 6.86. The van der Waals surface area contributed by atoms with Crippen molar-refractivity contribution in [1.82, 2.24) is 4.98 Å². The van der Waals surface area contributed by atoms with Crippen molar-refractivity contribution >= 4 is 33.2 Å². The van der Waals surface area contributed by atoms with E-state index in [9.17, 15) is 4.79 Å². The predicted octanol–water partition coefficient (Wildman–Crippen LogP) is 3.40. The molecule has 0 spiro atoms. The molecule has 5 nitrogen and oxygen atoms in total. The maximum Gasteiger partial charge on any atom is 0.274 e. The topological polar surface area (TPSA) is 77.8 Å². The molecule has 1 amide bonds. The number of carbonyl (C=O) groups is 1. The average molecular weight is 345 g/mol. The van der Waals surface area contributed by atoms with Crippen molar-refractivity contribution in [2.24, 2.45) is 0 Å². The highest BCUT2D eigenvalue weighted by molar-refractivity contribution is 9.10. The van der Waals surface area contributed by atoms with E-state index in [1.165, 1.54) is 0 Å².